The van der Waals surface area contributed by atoms with Crippen molar-refractivity contribution in [2.75, 3.05) is 14.2 Å². The summed E-state index contributed by atoms with van der Waals surface area (Å²) < 4.78 is 39.1. The van der Waals surface area contributed by atoms with Crippen molar-refractivity contribution in [3.05, 3.63) is 125 Å². The summed E-state index contributed by atoms with van der Waals surface area (Å²) in [5.41, 5.74) is 3.25. The number of ether oxygens (including phenoxy) is 2. The highest BCUT2D eigenvalue weighted by Gasteiger charge is 2.17. The average Bonchev–Trinajstić information content (AvgIpc) is 2.96. The summed E-state index contributed by atoms with van der Waals surface area (Å²) in [6, 6.07) is 31.4. The van der Waals surface area contributed by atoms with Gasteiger partial charge in [-0.2, -0.15) is 8.42 Å². The fourth-order valence-electron chi connectivity index (χ4n) is 3.60. The van der Waals surface area contributed by atoms with Crippen LogP contribution in [-0.2, 0) is 25.8 Å². The van der Waals surface area contributed by atoms with Crippen molar-refractivity contribution in [2.24, 2.45) is 0 Å². The largest absolute Gasteiger partial charge is 0.465 e. The van der Waals surface area contributed by atoms with Gasteiger partial charge in [-0.1, -0.05) is 72.3 Å². The fraction of sp³-hybridized carbons (Fsp3) is 0.133. The molecule has 0 aliphatic heterocycles. The van der Waals surface area contributed by atoms with Gasteiger partial charge in [-0.3, -0.25) is 4.55 Å². The van der Waals surface area contributed by atoms with Gasteiger partial charge in [-0.15, -0.1) is 0 Å². The van der Waals surface area contributed by atoms with Crippen LogP contribution >= 0.6 is 7.92 Å². The molecule has 0 aromatic heterocycles. The van der Waals surface area contributed by atoms with E-state index in [1.165, 1.54) is 31.9 Å². The van der Waals surface area contributed by atoms with Crippen LogP contribution < -0.4 is 10.6 Å². The number of rotatable bonds is 7. The van der Waals surface area contributed by atoms with Crippen LogP contribution in [0, 0.1) is 6.92 Å². The molecule has 0 spiro atoms. The quantitative estimate of drug-likeness (QED) is 0.188. The van der Waals surface area contributed by atoms with E-state index < -0.39 is 18.0 Å². The van der Waals surface area contributed by atoms with Crippen molar-refractivity contribution < 1.29 is 32.0 Å². The van der Waals surface area contributed by atoms with Gasteiger partial charge in [0, 0.05) is 6.16 Å². The predicted octanol–water partition coefficient (Wildman–Crippen LogP) is 5.13. The number of esters is 2. The Kier molecular flexibility index (Phi) is 10.5. The Bertz CT molecular complexity index is 1420. The molecule has 0 aliphatic rings. The number of carbonyl (C=O) groups is 2. The van der Waals surface area contributed by atoms with E-state index in [0.717, 1.165) is 22.3 Å². The van der Waals surface area contributed by atoms with E-state index >= 15 is 0 Å². The summed E-state index contributed by atoms with van der Waals surface area (Å²) in [4.78, 5) is 23.4. The van der Waals surface area contributed by atoms with Crippen LogP contribution in [0.5, 0.6) is 0 Å². The molecule has 4 aromatic carbocycles. The molecule has 0 heterocycles. The number of aryl methyl sites for hydroxylation is 1. The lowest BCUT2D eigenvalue weighted by molar-refractivity contribution is 0.0592. The minimum atomic E-state index is -4.02. The summed E-state index contributed by atoms with van der Waals surface area (Å²) in [5.74, 6) is -0.692. The van der Waals surface area contributed by atoms with Crippen LogP contribution in [0.1, 0.15) is 31.8 Å². The van der Waals surface area contributed by atoms with Gasteiger partial charge in [0.25, 0.3) is 10.1 Å². The molecule has 4 rings (SSSR count). The molecule has 9 heteroatoms. The van der Waals surface area contributed by atoms with Gasteiger partial charge in [-0.05, 0) is 67.4 Å². The van der Waals surface area contributed by atoms with Crippen molar-refractivity contribution in [3.8, 4) is 0 Å². The van der Waals surface area contributed by atoms with Crippen molar-refractivity contribution >= 4 is 40.6 Å². The van der Waals surface area contributed by atoms with Gasteiger partial charge in [0.1, 0.15) is 0 Å². The van der Waals surface area contributed by atoms with Crippen LogP contribution in [-0.4, -0.2) is 39.1 Å². The second-order valence-corrected chi connectivity index (χ2v) is 12.1. The Labute approximate surface area is 229 Å². The van der Waals surface area contributed by atoms with Crippen molar-refractivity contribution in [1.29, 1.82) is 0 Å². The minimum Gasteiger partial charge on any atom is -0.465 e. The summed E-state index contributed by atoms with van der Waals surface area (Å²) in [7, 11) is -1.97. The van der Waals surface area contributed by atoms with Crippen LogP contribution in [0.3, 0.4) is 0 Å². The number of benzene rings is 4. The number of methoxy groups -OCH3 is 2. The van der Waals surface area contributed by atoms with E-state index in [1.54, 1.807) is 36.4 Å². The molecular formula is C30H29O7PS. The zero-order valence-corrected chi connectivity index (χ0v) is 23.5. The maximum absolute atomic E-state index is 11.7. The first-order chi connectivity index (χ1) is 18.6. The van der Waals surface area contributed by atoms with E-state index in [4.69, 9.17) is 14.0 Å². The Morgan fingerprint density at radius 3 is 1.51 bits per heavy atom. The first-order valence-electron chi connectivity index (χ1n) is 11.8. The highest BCUT2D eigenvalue weighted by Crippen LogP contribution is 2.38. The monoisotopic (exact) mass is 564 g/mol. The standard InChI is InChI=1S/C23H21O4P.C7H8O3S/c1-26-22(24)18-8-12-20(13-9-18)28(16-17-6-4-3-5-7-17)21-14-10-19(11-15-21)23(25)27-2;1-6-2-4-7(5-3-6)11(8,9)10/h3-15H,16H2,1-2H3;2-5H,1H3,(H,8,9,10). The fourth-order valence-corrected chi connectivity index (χ4v) is 6.34. The summed E-state index contributed by atoms with van der Waals surface area (Å²) in [6.45, 7) is 1.84. The molecule has 0 atom stereocenters. The Morgan fingerprint density at radius 1 is 0.692 bits per heavy atom. The molecule has 39 heavy (non-hydrogen) atoms. The molecule has 202 valence electrons. The van der Waals surface area contributed by atoms with E-state index in [2.05, 4.69) is 12.1 Å². The zero-order valence-electron chi connectivity index (χ0n) is 21.8. The molecule has 0 amide bonds. The SMILES string of the molecule is COC(=O)c1ccc(P(Cc2ccccc2)c2ccc(C(=O)OC)cc2)cc1.Cc1ccc(S(=O)(=O)O)cc1. The molecule has 4 aromatic rings. The van der Waals surface area contributed by atoms with E-state index in [-0.39, 0.29) is 16.8 Å². The minimum absolute atomic E-state index is 0.0666. The molecule has 0 saturated heterocycles. The lowest BCUT2D eigenvalue weighted by Crippen LogP contribution is -2.15. The van der Waals surface area contributed by atoms with Crippen LogP contribution in [0.4, 0.5) is 0 Å². The third-order valence-corrected chi connectivity index (χ3v) is 9.09. The highest BCUT2D eigenvalue weighted by molar-refractivity contribution is 7.85. The van der Waals surface area contributed by atoms with Crippen molar-refractivity contribution in [2.45, 2.75) is 18.0 Å². The molecule has 0 radical (unpaired) electrons. The molecule has 7 nitrogen and oxygen atoms in total. The number of hydrogen-bond acceptors (Lipinski definition) is 6. The molecule has 0 unspecified atom stereocenters. The van der Waals surface area contributed by atoms with Gasteiger partial charge in [0.05, 0.1) is 30.2 Å². The van der Waals surface area contributed by atoms with Gasteiger partial charge in [0.2, 0.25) is 0 Å². The normalized spacial score (nSPS) is 10.8. The van der Waals surface area contributed by atoms with Crippen molar-refractivity contribution in [1.82, 2.24) is 0 Å². The first-order valence-corrected chi connectivity index (χ1v) is 14.8. The van der Waals surface area contributed by atoms with E-state index in [9.17, 15) is 18.0 Å². The third kappa shape index (κ3) is 8.58. The summed E-state index contributed by atoms with van der Waals surface area (Å²) >= 11 is 0. The van der Waals surface area contributed by atoms with Gasteiger partial charge in [-0.25, -0.2) is 9.59 Å². The Hall–Kier alpha value is -3.84. The average molecular weight is 565 g/mol. The smallest absolute Gasteiger partial charge is 0.337 e. The summed E-state index contributed by atoms with van der Waals surface area (Å²) in [6.07, 6.45) is 0.866. The lowest BCUT2D eigenvalue weighted by atomic mass is 10.2. The topological polar surface area (TPSA) is 107 Å². The van der Waals surface area contributed by atoms with Crippen molar-refractivity contribution in [3.63, 3.8) is 0 Å². The molecular weight excluding hydrogens is 535 g/mol. The molecule has 0 fully saturated rings. The summed E-state index contributed by atoms with van der Waals surface area (Å²) in [5, 5.41) is 2.30. The first kappa shape index (κ1) is 29.7. The molecule has 0 saturated carbocycles. The molecule has 0 aliphatic carbocycles. The van der Waals surface area contributed by atoms with Crippen LogP contribution in [0.15, 0.2) is 108 Å². The van der Waals surface area contributed by atoms with Crippen LogP contribution in [0.2, 0.25) is 0 Å². The third-order valence-electron chi connectivity index (χ3n) is 5.70. The number of hydrogen-bond donors (Lipinski definition) is 1. The Morgan fingerprint density at radius 2 is 1.13 bits per heavy atom. The number of carbonyl (C=O) groups excluding carboxylic acids is 2. The second kappa shape index (κ2) is 13.8. The second-order valence-electron chi connectivity index (χ2n) is 8.44. The van der Waals surface area contributed by atoms with Gasteiger partial charge < -0.3 is 9.47 Å². The maximum atomic E-state index is 11.7. The van der Waals surface area contributed by atoms with Gasteiger partial charge >= 0.3 is 11.9 Å². The zero-order chi connectivity index (χ0) is 28.4. The van der Waals surface area contributed by atoms with Crippen LogP contribution in [0.25, 0.3) is 0 Å². The maximum Gasteiger partial charge on any atom is 0.337 e. The predicted molar refractivity (Wildman–Crippen MR) is 153 cm³/mol. The van der Waals surface area contributed by atoms with E-state index in [1.807, 2.05) is 49.4 Å². The van der Waals surface area contributed by atoms with Gasteiger partial charge in [0.15, 0.2) is 0 Å². The molecule has 0 bridgehead atoms. The highest BCUT2D eigenvalue weighted by atomic mass is 32.2. The Balaban J connectivity index is 0.000000320. The molecule has 1 N–H and O–H groups in total. The lowest BCUT2D eigenvalue weighted by Gasteiger charge is -2.19. The van der Waals surface area contributed by atoms with E-state index in [0.29, 0.717) is 11.1 Å².